The maximum absolute atomic E-state index is 12.7. The van der Waals surface area contributed by atoms with Crippen molar-refractivity contribution in [2.45, 2.75) is 37.9 Å². The molecule has 2 aromatic rings. The van der Waals surface area contributed by atoms with E-state index in [1.807, 2.05) is 27.0 Å². The van der Waals surface area contributed by atoms with Crippen molar-refractivity contribution in [2.75, 3.05) is 37.0 Å². The van der Waals surface area contributed by atoms with Gasteiger partial charge in [0.1, 0.15) is 0 Å². The molecule has 3 heterocycles. The van der Waals surface area contributed by atoms with E-state index in [9.17, 15) is 4.79 Å². The normalized spacial score (nSPS) is 17.7. The minimum absolute atomic E-state index is 0.148. The molecule has 4 rings (SSSR count). The van der Waals surface area contributed by atoms with Gasteiger partial charge < -0.3 is 14.2 Å². The Morgan fingerprint density at radius 1 is 1.27 bits per heavy atom. The number of thioether (sulfide) groups is 1. The van der Waals surface area contributed by atoms with Crippen LogP contribution in [0.5, 0.6) is 0 Å². The molecule has 1 saturated heterocycles. The van der Waals surface area contributed by atoms with Gasteiger partial charge in [-0.1, -0.05) is 11.8 Å². The van der Waals surface area contributed by atoms with E-state index in [1.165, 1.54) is 11.8 Å². The molecule has 2 aliphatic rings. The number of morpholine rings is 1. The van der Waals surface area contributed by atoms with Gasteiger partial charge >= 0.3 is 0 Å². The SMILES string of the molecule is Cc1cc(C(=O)CSc2nnc(N3CCOCC3)n2C2CC2)c(C)n1C. The number of aryl methyl sites for hydroxylation is 1. The number of ether oxygens (including phenoxy) is 1. The Labute approximate surface area is 157 Å². The number of carbonyl (C=O) groups is 1. The first-order chi connectivity index (χ1) is 12.6. The lowest BCUT2D eigenvalue weighted by molar-refractivity contribution is 0.102. The molecule has 7 nitrogen and oxygen atoms in total. The van der Waals surface area contributed by atoms with Crippen molar-refractivity contribution in [1.82, 2.24) is 19.3 Å². The largest absolute Gasteiger partial charge is 0.378 e. The van der Waals surface area contributed by atoms with Crippen molar-refractivity contribution < 1.29 is 9.53 Å². The fraction of sp³-hybridized carbons (Fsp3) is 0.611. The third kappa shape index (κ3) is 3.27. The number of anilines is 1. The molecule has 0 spiro atoms. The summed E-state index contributed by atoms with van der Waals surface area (Å²) in [5.74, 6) is 1.46. The monoisotopic (exact) mass is 375 g/mol. The Bertz CT molecular complexity index is 818. The second kappa shape index (κ2) is 7.08. The minimum atomic E-state index is 0.148. The first kappa shape index (κ1) is 17.6. The molecule has 0 atom stereocenters. The summed E-state index contributed by atoms with van der Waals surface area (Å²) >= 11 is 1.50. The average molecular weight is 375 g/mol. The maximum atomic E-state index is 12.7. The molecule has 1 aliphatic carbocycles. The highest BCUT2D eigenvalue weighted by atomic mass is 32.2. The highest BCUT2D eigenvalue weighted by Gasteiger charge is 2.32. The third-order valence-electron chi connectivity index (χ3n) is 5.26. The average Bonchev–Trinajstić information content (AvgIpc) is 3.36. The summed E-state index contributed by atoms with van der Waals surface area (Å²) in [6.45, 7) is 7.16. The zero-order chi connectivity index (χ0) is 18.3. The van der Waals surface area contributed by atoms with Crippen LogP contribution < -0.4 is 4.90 Å². The van der Waals surface area contributed by atoms with E-state index in [4.69, 9.17) is 4.74 Å². The van der Waals surface area contributed by atoms with Crippen LogP contribution in [0.1, 0.15) is 40.6 Å². The van der Waals surface area contributed by atoms with E-state index >= 15 is 0 Å². The van der Waals surface area contributed by atoms with Crippen LogP contribution in [0.4, 0.5) is 5.95 Å². The Morgan fingerprint density at radius 3 is 2.62 bits per heavy atom. The Balaban J connectivity index is 1.50. The van der Waals surface area contributed by atoms with E-state index in [-0.39, 0.29) is 5.78 Å². The Kier molecular flexibility index (Phi) is 4.79. The summed E-state index contributed by atoms with van der Waals surface area (Å²) in [5.41, 5.74) is 2.93. The lowest BCUT2D eigenvalue weighted by Gasteiger charge is -2.27. The summed E-state index contributed by atoms with van der Waals surface area (Å²) in [7, 11) is 1.99. The molecule has 140 valence electrons. The summed E-state index contributed by atoms with van der Waals surface area (Å²) in [4.78, 5) is 14.9. The van der Waals surface area contributed by atoms with Crippen LogP contribution in [0.15, 0.2) is 11.2 Å². The van der Waals surface area contributed by atoms with Crippen molar-refractivity contribution in [3.63, 3.8) is 0 Å². The topological polar surface area (TPSA) is 65.2 Å². The highest BCUT2D eigenvalue weighted by molar-refractivity contribution is 7.99. The number of rotatable bonds is 6. The number of hydrogen-bond donors (Lipinski definition) is 0. The van der Waals surface area contributed by atoms with Crippen LogP contribution in [-0.2, 0) is 11.8 Å². The van der Waals surface area contributed by atoms with Gasteiger partial charge in [-0.2, -0.15) is 0 Å². The van der Waals surface area contributed by atoms with Crippen LogP contribution in [0.3, 0.4) is 0 Å². The standard InChI is InChI=1S/C18H25N5O2S/c1-12-10-15(13(2)21(12)3)16(24)11-26-18-20-19-17(23(18)14-4-5-14)22-6-8-25-9-7-22/h10,14H,4-9,11H2,1-3H3. The molecule has 0 aromatic carbocycles. The predicted octanol–water partition coefficient (Wildman–Crippen LogP) is 2.38. The number of hydrogen-bond acceptors (Lipinski definition) is 6. The van der Waals surface area contributed by atoms with Crippen LogP contribution in [0.25, 0.3) is 0 Å². The van der Waals surface area contributed by atoms with Gasteiger partial charge in [0.25, 0.3) is 0 Å². The second-order valence-electron chi connectivity index (χ2n) is 7.04. The van der Waals surface area contributed by atoms with Gasteiger partial charge in [0, 0.05) is 43.1 Å². The molecular weight excluding hydrogens is 350 g/mol. The number of carbonyl (C=O) groups excluding carboxylic acids is 1. The lowest BCUT2D eigenvalue weighted by atomic mass is 10.2. The molecule has 8 heteroatoms. The molecule has 26 heavy (non-hydrogen) atoms. The van der Waals surface area contributed by atoms with Gasteiger partial charge in [-0.05, 0) is 32.8 Å². The van der Waals surface area contributed by atoms with E-state index in [0.717, 1.165) is 67.2 Å². The fourth-order valence-corrected chi connectivity index (χ4v) is 4.23. The van der Waals surface area contributed by atoms with Crippen LogP contribution in [0.2, 0.25) is 0 Å². The molecule has 2 aromatic heterocycles. The van der Waals surface area contributed by atoms with Crippen molar-refractivity contribution in [1.29, 1.82) is 0 Å². The molecule has 0 amide bonds. The molecule has 0 N–H and O–H groups in total. The summed E-state index contributed by atoms with van der Waals surface area (Å²) in [6.07, 6.45) is 2.32. The van der Waals surface area contributed by atoms with Crippen LogP contribution in [0, 0.1) is 13.8 Å². The molecule has 1 saturated carbocycles. The highest BCUT2D eigenvalue weighted by Crippen LogP contribution is 2.41. The minimum Gasteiger partial charge on any atom is -0.378 e. The van der Waals surface area contributed by atoms with Gasteiger partial charge in [0.15, 0.2) is 10.9 Å². The maximum Gasteiger partial charge on any atom is 0.228 e. The van der Waals surface area contributed by atoms with Gasteiger partial charge in [0.05, 0.1) is 19.0 Å². The number of nitrogens with zero attached hydrogens (tertiary/aromatic N) is 5. The smallest absolute Gasteiger partial charge is 0.228 e. The molecule has 1 aliphatic heterocycles. The van der Waals surface area contributed by atoms with Gasteiger partial charge in [-0.3, -0.25) is 9.36 Å². The zero-order valence-corrected chi connectivity index (χ0v) is 16.4. The first-order valence-corrected chi connectivity index (χ1v) is 10.1. The summed E-state index contributed by atoms with van der Waals surface area (Å²) in [5, 5.41) is 9.69. The van der Waals surface area contributed by atoms with Crippen molar-refractivity contribution in [2.24, 2.45) is 7.05 Å². The summed E-state index contributed by atoms with van der Waals surface area (Å²) in [6, 6.07) is 2.45. The first-order valence-electron chi connectivity index (χ1n) is 9.12. The zero-order valence-electron chi connectivity index (χ0n) is 15.6. The lowest BCUT2D eigenvalue weighted by Crippen LogP contribution is -2.38. The molecule has 0 unspecified atom stereocenters. The van der Waals surface area contributed by atoms with Gasteiger partial charge in [-0.25, -0.2) is 0 Å². The van der Waals surface area contributed by atoms with Crippen molar-refractivity contribution in [3.05, 3.63) is 23.0 Å². The predicted molar refractivity (Wildman–Crippen MR) is 101 cm³/mol. The van der Waals surface area contributed by atoms with Crippen LogP contribution >= 0.6 is 11.8 Å². The molecule has 2 fully saturated rings. The number of Topliss-reactive ketones (excluding diaryl/α,β-unsaturated/α-hetero) is 1. The Morgan fingerprint density at radius 2 is 2.00 bits per heavy atom. The number of aromatic nitrogens is 4. The quantitative estimate of drug-likeness (QED) is 0.571. The number of ketones is 1. The van der Waals surface area contributed by atoms with Crippen molar-refractivity contribution in [3.8, 4) is 0 Å². The van der Waals surface area contributed by atoms with E-state index in [0.29, 0.717) is 11.8 Å². The second-order valence-corrected chi connectivity index (χ2v) is 7.98. The molecule has 0 bridgehead atoms. The summed E-state index contributed by atoms with van der Waals surface area (Å²) < 4.78 is 9.73. The molecule has 0 radical (unpaired) electrons. The third-order valence-corrected chi connectivity index (χ3v) is 6.20. The van der Waals surface area contributed by atoms with Crippen LogP contribution in [-0.4, -0.2) is 57.2 Å². The van der Waals surface area contributed by atoms with E-state index in [2.05, 4.69) is 24.2 Å². The Hall–Kier alpha value is -1.80. The van der Waals surface area contributed by atoms with Crippen molar-refractivity contribution >= 4 is 23.5 Å². The van der Waals surface area contributed by atoms with Gasteiger partial charge in [0.2, 0.25) is 5.95 Å². The molecular formula is C18H25N5O2S. The van der Waals surface area contributed by atoms with E-state index in [1.54, 1.807) is 0 Å². The fourth-order valence-electron chi connectivity index (χ4n) is 3.34. The van der Waals surface area contributed by atoms with Gasteiger partial charge in [-0.15, -0.1) is 10.2 Å². The van der Waals surface area contributed by atoms with E-state index < -0.39 is 0 Å².